The molecule has 1 atom stereocenters. The SMILES string of the molecule is O=C(O)CCn1cc(S(=O)(=O)NCC2CCCS2)cn1. The molecule has 1 aliphatic heterocycles. The van der Waals surface area contributed by atoms with Crippen molar-refractivity contribution in [3.05, 3.63) is 12.4 Å². The molecule has 0 spiro atoms. The lowest BCUT2D eigenvalue weighted by Gasteiger charge is -2.09. The molecule has 1 saturated heterocycles. The average molecular weight is 319 g/mol. The Hall–Kier alpha value is -1.06. The number of aliphatic carboxylic acids is 1. The zero-order valence-corrected chi connectivity index (χ0v) is 12.5. The van der Waals surface area contributed by atoms with Crippen LogP contribution in [0.4, 0.5) is 0 Å². The van der Waals surface area contributed by atoms with Crippen molar-refractivity contribution in [3.8, 4) is 0 Å². The molecule has 1 aromatic heterocycles. The maximum atomic E-state index is 12.1. The third-order valence-corrected chi connectivity index (χ3v) is 5.78. The topological polar surface area (TPSA) is 101 Å². The number of carboxylic acid groups (broad SMARTS) is 1. The van der Waals surface area contributed by atoms with Gasteiger partial charge in [-0.15, -0.1) is 0 Å². The van der Waals surface area contributed by atoms with Gasteiger partial charge >= 0.3 is 5.97 Å². The molecule has 2 N–H and O–H groups in total. The van der Waals surface area contributed by atoms with E-state index in [1.807, 2.05) is 0 Å². The number of hydrogen-bond acceptors (Lipinski definition) is 5. The first-order chi connectivity index (χ1) is 9.47. The van der Waals surface area contributed by atoms with E-state index in [1.165, 1.54) is 17.1 Å². The quantitative estimate of drug-likeness (QED) is 0.760. The molecule has 20 heavy (non-hydrogen) atoms. The smallest absolute Gasteiger partial charge is 0.305 e. The van der Waals surface area contributed by atoms with Gasteiger partial charge in [0.15, 0.2) is 0 Å². The second-order valence-electron chi connectivity index (χ2n) is 4.57. The first kappa shape index (κ1) is 15.3. The summed E-state index contributed by atoms with van der Waals surface area (Å²) in [7, 11) is -3.56. The van der Waals surface area contributed by atoms with Gasteiger partial charge in [-0.05, 0) is 18.6 Å². The van der Waals surface area contributed by atoms with Gasteiger partial charge in [-0.1, -0.05) is 0 Å². The van der Waals surface area contributed by atoms with Gasteiger partial charge in [0.25, 0.3) is 0 Å². The number of nitrogens with one attached hydrogen (secondary N) is 1. The van der Waals surface area contributed by atoms with E-state index in [4.69, 9.17) is 5.11 Å². The lowest BCUT2D eigenvalue weighted by Crippen LogP contribution is -2.29. The summed E-state index contributed by atoms with van der Waals surface area (Å²) in [5, 5.41) is 12.8. The first-order valence-electron chi connectivity index (χ1n) is 6.33. The molecule has 112 valence electrons. The van der Waals surface area contributed by atoms with E-state index in [0.29, 0.717) is 11.8 Å². The van der Waals surface area contributed by atoms with Gasteiger partial charge in [0.05, 0.1) is 19.2 Å². The molecule has 0 aromatic carbocycles. The molecule has 1 fully saturated rings. The van der Waals surface area contributed by atoms with Crippen molar-refractivity contribution in [2.75, 3.05) is 12.3 Å². The minimum atomic E-state index is -3.56. The summed E-state index contributed by atoms with van der Waals surface area (Å²) >= 11 is 1.78. The van der Waals surface area contributed by atoms with Crippen molar-refractivity contribution in [1.82, 2.24) is 14.5 Å². The largest absolute Gasteiger partial charge is 0.481 e. The number of thioether (sulfide) groups is 1. The molecule has 1 aromatic rings. The predicted octanol–water partition coefficient (Wildman–Crippen LogP) is 0.532. The van der Waals surface area contributed by atoms with Gasteiger partial charge in [0, 0.05) is 18.0 Å². The number of carbonyl (C=O) groups is 1. The average Bonchev–Trinajstić information content (AvgIpc) is 3.05. The summed E-state index contributed by atoms with van der Waals surface area (Å²) in [5.41, 5.74) is 0. The Morgan fingerprint density at radius 2 is 2.40 bits per heavy atom. The van der Waals surface area contributed by atoms with E-state index in [0.717, 1.165) is 18.6 Å². The Bertz CT molecular complexity index is 564. The molecule has 2 rings (SSSR count). The van der Waals surface area contributed by atoms with Crippen molar-refractivity contribution in [2.45, 2.75) is 36.0 Å². The monoisotopic (exact) mass is 319 g/mol. The number of aromatic nitrogens is 2. The Morgan fingerprint density at radius 1 is 1.60 bits per heavy atom. The number of carboxylic acids is 1. The van der Waals surface area contributed by atoms with Gasteiger partial charge in [-0.25, -0.2) is 13.1 Å². The minimum absolute atomic E-state index is 0.0749. The Labute approximate surface area is 121 Å². The first-order valence-corrected chi connectivity index (χ1v) is 8.86. The zero-order valence-electron chi connectivity index (χ0n) is 10.9. The molecule has 0 aliphatic carbocycles. The highest BCUT2D eigenvalue weighted by Gasteiger charge is 2.21. The molecule has 1 unspecified atom stereocenters. The summed E-state index contributed by atoms with van der Waals surface area (Å²) < 4.78 is 28.0. The lowest BCUT2D eigenvalue weighted by atomic mass is 10.2. The molecule has 9 heteroatoms. The molecule has 0 radical (unpaired) electrons. The van der Waals surface area contributed by atoms with Crippen LogP contribution in [0.5, 0.6) is 0 Å². The molecule has 0 amide bonds. The van der Waals surface area contributed by atoms with Crippen LogP contribution in [0.2, 0.25) is 0 Å². The normalized spacial score (nSPS) is 19.3. The van der Waals surface area contributed by atoms with Crippen LogP contribution in [-0.2, 0) is 21.4 Å². The predicted molar refractivity (Wildman–Crippen MR) is 75.1 cm³/mol. The fraction of sp³-hybridized carbons (Fsp3) is 0.636. The Morgan fingerprint density at radius 3 is 3.05 bits per heavy atom. The van der Waals surface area contributed by atoms with Crippen LogP contribution >= 0.6 is 11.8 Å². The lowest BCUT2D eigenvalue weighted by molar-refractivity contribution is -0.137. The van der Waals surface area contributed by atoms with Gasteiger partial charge < -0.3 is 5.11 Å². The Kier molecular flexibility index (Phi) is 5.06. The number of sulfonamides is 1. The summed E-state index contributed by atoms with van der Waals surface area (Å²) in [5.74, 6) is 0.140. The van der Waals surface area contributed by atoms with Crippen LogP contribution < -0.4 is 4.72 Å². The van der Waals surface area contributed by atoms with Gasteiger partial charge in [-0.2, -0.15) is 16.9 Å². The van der Waals surface area contributed by atoms with Gasteiger partial charge in [-0.3, -0.25) is 9.48 Å². The fourth-order valence-corrected chi connectivity index (χ4v) is 4.25. The van der Waals surface area contributed by atoms with Crippen molar-refractivity contribution in [1.29, 1.82) is 0 Å². The van der Waals surface area contributed by atoms with E-state index in [2.05, 4.69) is 9.82 Å². The number of nitrogens with zero attached hydrogens (tertiary/aromatic N) is 2. The number of hydrogen-bond donors (Lipinski definition) is 2. The maximum absolute atomic E-state index is 12.1. The molecular weight excluding hydrogens is 302 g/mol. The van der Waals surface area contributed by atoms with Crippen molar-refractivity contribution in [3.63, 3.8) is 0 Å². The number of aryl methyl sites for hydroxylation is 1. The van der Waals surface area contributed by atoms with E-state index < -0.39 is 16.0 Å². The highest BCUT2D eigenvalue weighted by Crippen LogP contribution is 2.25. The molecular formula is C11H17N3O4S2. The number of rotatable bonds is 7. The maximum Gasteiger partial charge on any atom is 0.305 e. The third kappa shape index (κ3) is 4.22. The van der Waals surface area contributed by atoms with Crippen LogP contribution in [0, 0.1) is 0 Å². The molecule has 2 heterocycles. The Balaban J connectivity index is 1.92. The fourth-order valence-electron chi connectivity index (χ4n) is 1.91. The summed E-state index contributed by atoms with van der Waals surface area (Å²) in [6, 6.07) is 0. The van der Waals surface area contributed by atoms with Crippen LogP contribution in [0.3, 0.4) is 0 Å². The van der Waals surface area contributed by atoms with Gasteiger partial charge in [0.1, 0.15) is 4.90 Å². The van der Waals surface area contributed by atoms with Crippen molar-refractivity contribution >= 4 is 27.8 Å². The van der Waals surface area contributed by atoms with Crippen LogP contribution in [0.1, 0.15) is 19.3 Å². The van der Waals surface area contributed by atoms with E-state index in [1.54, 1.807) is 11.8 Å². The summed E-state index contributed by atoms with van der Waals surface area (Å²) in [6.45, 7) is 0.580. The molecule has 7 nitrogen and oxygen atoms in total. The van der Waals surface area contributed by atoms with E-state index >= 15 is 0 Å². The van der Waals surface area contributed by atoms with Crippen LogP contribution in [0.25, 0.3) is 0 Å². The van der Waals surface area contributed by atoms with Crippen LogP contribution in [-0.4, -0.2) is 46.8 Å². The molecule has 0 bridgehead atoms. The summed E-state index contributed by atoms with van der Waals surface area (Å²) in [4.78, 5) is 10.5. The second kappa shape index (κ2) is 6.59. The van der Waals surface area contributed by atoms with E-state index in [9.17, 15) is 13.2 Å². The summed E-state index contributed by atoms with van der Waals surface area (Å²) in [6.07, 6.45) is 4.67. The van der Waals surface area contributed by atoms with Crippen LogP contribution in [0.15, 0.2) is 17.3 Å². The standard InChI is InChI=1S/C11H17N3O4S2/c15-11(16)3-4-14-8-10(7-12-14)20(17,18)13-6-9-2-1-5-19-9/h7-9,13H,1-6H2,(H,15,16). The zero-order chi connectivity index (χ0) is 14.6. The van der Waals surface area contributed by atoms with Gasteiger partial charge in [0.2, 0.25) is 10.0 Å². The highest BCUT2D eigenvalue weighted by atomic mass is 32.2. The third-order valence-electron chi connectivity index (χ3n) is 3.00. The van der Waals surface area contributed by atoms with Crippen molar-refractivity contribution < 1.29 is 18.3 Å². The minimum Gasteiger partial charge on any atom is -0.481 e. The highest BCUT2D eigenvalue weighted by molar-refractivity contribution is 8.00. The van der Waals surface area contributed by atoms with E-state index in [-0.39, 0.29) is 17.9 Å². The molecule has 1 aliphatic rings. The molecule has 0 saturated carbocycles. The second-order valence-corrected chi connectivity index (χ2v) is 7.74. The van der Waals surface area contributed by atoms with Crippen molar-refractivity contribution in [2.24, 2.45) is 0 Å².